The van der Waals surface area contributed by atoms with Gasteiger partial charge in [0.25, 0.3) is 0 Å². The molecule has 1 heterocycles. The molecular weight excluding hydrogens is 214 g/mol. The van der Waals surface area contributed by atoms with Gasteiger partial charge in [0.2, 0.25) is 5.91 Å². The van der Waals surface area contributed by atoms with Crippen LogP contribution in [0.2, 0.25) is 0 Å². The van der Waals surface area contributed by atoms with Gasteiger partial charge in [0.05, 0.1) is 6.54 Å². The van der Waals surface area contributed by atoms with Crippen molar-refractivity contribution in [2.45, 2.75) is 44.7 Å². The zero-order chi connectivity index (χ0) is 12.3. The highest BCUT2D eigenvalue weighted by atomic mass is 16.2. The second kappa shape index (κ2) is 5.83. The predicted molar refractivity (Wildman–Crippen MR) is 68.9 cm³/mol. The molecule has 0 radical (unpaired) electrons. The minimum atomic E-state index is 0.236. The Hall–Kier alpha value is -0.610. The van der Waals surface area contributed by atoms with Crippen LogP contribution in [0.1, 0.15) is 32.6 Å². The summed E-state index contributed by atoms with van der Waals surface area (Å²) in [6.45, 7) is 5.91. The van der Waals surface area contributed by atoms with E-state index in [1.807, 2.05) is 11.9 Å². The third kappa shape index (κ3) is 3.68. The summed E-state index contributed by atoms with van der Waals surface area (Å²) in [5.74, 6) is 0.236. The van der Waals surface area contributed by atoms with Gasteiger partial charge in [0.15, 0.2) is 0 Å². The second-order valence-corrected chi connectivity index (χ2v) is 5.35. The lowest BCUT2D eigenvalue weighted by Gasteiger charge is -2.27. The summed E-state index contributed by atoms with van der Waals surface area (Å²) in [5, 5.41) is 3.28. The van der Waals surface area contributed by atoms with Gasteiger partial charge in [-0.1, -0.05) is 6.92 Å². The molecule has 2 aliphatic rings. The fourth-order valence-corrected chi connectivity index (χ4v) is 2.59. The van der Waals surface area contributed by atoms with Crippen LogP contribution in [0.15, 0.2) is 0 Å². The average Bonchev–Trinajstić information content (AvgIpc) is 3.05. The van der Waals surface area contributed by atoms with Gasteiger partial charge >= 0.3 is 0 Å². The van der Waals surface area contributed by atoms with Gasteiger partial charge in [-0.25, -0.2) is 0 Å². The van der Waals surface area contributed by atoms with Crippen molar-refractivity contribution in [2.75, 3.05) is 33.2 Å². The van der Waals surface area contributed by atoms with Crippen molar-refractivity contribution in [3.05, 3.63) is 0 Å². The van der Waals surface area contributed by atoms with Gasteiger partial charge < -0.3 is 10.2 Å². The topological polar surface area (TPSA) is 35.6 Å². The Kier molecular flexibility index (Phi) is 4.40. The molecule has 2 rings (SSSR count). The largest absolute Gasteiger partial charge is 0.343 e. The Morgan fingerprint density at radius 3 is 2.82 bits per heavy atom. The third-order valence-electron chi connectivity index (χ3n) is 3.93. The first-order chi connectivity index (χ1) is 8.20. The molecule has 4 heteroatoms. The molecule has 0 aromatic carbocycles. The molecule has 1 saturated carbocycles. The maximum absolute atomic E-state index is 11.9. The molecular formula is C13H25N3O. The molecule has 98 valence electrons. The standard InChI is InChI=1S/C13H25N3O/c1-3-16-8-4-5-12(16)10-15(2)13(17)9-14-11-6-7-11/h11-12,14H,3-10H2,1-2H3. The van der Waals surface area contributed by atoms with Crippen LogP contribution < -0.4 is 5.32 Å². The van der Waals surface area contributed by atoms with Gasteiger partial charge in [0, 0.05) is 25.7 Å². The summed E-state index contributed by atoms with van der Waals surface area (Å²) >= 11 is 0. The molecule has 2 fully saturated rings. The van der Waals surface area contributed by atoms with E-state index in [1.54, 1.807) is 0 Å². The molecule has 0 aromatic rings. The Balaban J connectivity index is 1.70. The lowest BCUT2D eigenvalue weighted by atomic mass is 10.2. The van der Waals surface area contributed by atoms with Crippen molar-refractivity contribution < 1.29 is 4.79 Å². The number of hydrogen-bond acceptors (Lipinski definition) is 3. The van der Waals surface area contributed by atoms with Gasteiger partial charge in [-0.3, -0.25) is 9.69 Å². The first-order valence-corrected chi connectivity index (χ1v) is 6.92. The lowest BCUT2D eigenvalue weighted by Crippen LogP contribution is -2.44. The van der Waals surface area contributed by atoms with Crippen LogP contribution in [0, 0.1) is 0 Å². The van der Waals surface area contributed by atoms with Crippen molar-refractivity contribution in [1.82, 2.24) is 15.1 Å². The van der Waals surface area contributed by atoms with Crippen LogP contribution >= 0.6 is 0 Å². The van der Waals surface area contributed by atoms with Crippen LogP contribution in [0.3, 0.4) is 0 Å². The van der Waals surface area contributed by atoms with Gasteiger partial charge in [-0.15, -0.1) is 0 Å². The first-order valence-electron chi connectivity index (χ1n) is 6.92. The Bertz CT molecular complexity index is 265. The van der Waals surface area contributed by atoms with Crippen LogP contribution in [0.4, 0.5) is 0 Å². The zero-order valence-corrected chi connectivity index (χ0v) is 11.1. The number of likely N-dealkylation sites (N-methyl/N-ethyl adjacent to an activating group) is 2. The van der Waals surface area contributed by atoms with E-state index in [1.165, 1.54) is 32.2 Å². The van der Waals surface area contributed by atoms with E-state index in [9.17, 15) is 4.79 Å². The monoisotopic (exact) mass is 239 g/mol. The number of carbonyl (C=O) groups is 1. The first kappa shape index (κ1) is 12.8. The highest BCUT2D eigenvalue weighted by Crippen LogP contribution is 2.19. The summed E-state index contributed by atoms with van der Waals surface area (Å²) in [5.41, 5.74) is 0. The summed E-state index contributed by atoms with van der Waals surface area (Å²) < 4.78 is 0. The third-order valence-corrected chi connectivity index (χ3v) is 3.93. The van der Waals surface area contributed by atoms with Gasteiger partial charge in [-0.05, 0) is 38.8 Å². The maximum Gasteiger partial charge on any atom is 0.236 e. The van der Waals surface area contributed by atoms with E-state index in [2.05, 4.69) is 17.1 Å². The highest BCUT2D eigenvalue weighted by Gasteiger charge is 2.26. The normalized spacial score (nSPS) is 25.2. The summed E-state index contributed by atoms with van der Waals surface area (Å²) in [4.78, 5) is 16.3. The molecule has 17 heavy (non-hydrogen) atoms. The molecule has 1 saturated heterocycles. The molecule has 1 aliphatic carbocycles. The van der Waals surface area contributed by atoms with Gasteiger partial charge in [0.1, 0.15) is 0 Å². The summed E-state index contributed by atoms with van der Waals surface area (Å²) in [6, 6.07) is 1.20. The Labute approximate surface area is 104 Å². The van der Waals surface area contributed by atoms with E-state index in [-0.39, 0.29) is 5.91 Å². The van der Waals surface area contributed by atoms with Crippen LogP contribution in [-0.2, 0) is 4.79 Å². The number of amides is 1. The molecule has 1 aliphatic heterocycles. The van der Waals surface area contributed by atoms with Crippen LogP contribution in [0.5, 0.6) is 0 Å². The van der Waals surface area contributed by atoms with Gasteiger partial charge in [-0.2, -0.15) is 0 Å². The minimum Gasteiger partial charge on any atom is -0.343 e. The number of rotatable bonds is 6. The van der Waals surface area contributed by atoms with E-state index in [0.717, 1.165) is 13.1 Å². The number of nitrogens with zero attached hydrogens (tertiary/aromatic N) is 2. The van der Waals surface area contributed by atoms with Crippen LogP contribution in [-0.4, -0.2) is 61.0 Å². The molecule has 1 unspecified atom stereocenters. The number of hydrogen-bond donors (Lipinski definition) is 1. The fraction of sp³-hybridized carbons (Fsp3) is 0.923. The zero-order valence-electron chi connectivity index (χ0n) is 11.1. The smallest absolute Gasteiger partial charge is 0.236 e. The van der Waals surface area contributed by atoms with Crippen molar-refractivity contribution in [3.8, 4) is 0 Å². The molecule has 0 spiro atoms. The van der Waals surface area contributed by atoms with E-state index < -0.39 is 0 Å². The van der Waals surface area contributed by atoms with E-state index >= 15 is 0 Å². The minimum absolute atomic E-state index is 0.236. The Morgan fingerprint density at radius 2 is 2.18 bits per heavy atom. The van der Waals surface area contributed by atoms with Crippen LogP contribution in [0.25, 0.3) is 0 Å². The maximum atomic E-state index is 11.9. The van der Waals surface area contributed by atoms with Crippen molar-refractivity contribution in [1.29, 1.82) is 0 Å². The fourth-order valence-electron chi connectivity index (χ4n) is 2.59. The molecule has 0 aromatic heterocycles. The summed E-state index contributed by atoms with van der Waals surface area (Å²) in [7, 11) is 1.93. The van der Waals surface area contributed by atoms with Crippen molar-refractivity contribution in [3.63, 3.8) is 0 Å². The number of carbonyl (C=O) groups excluding carboxylic acids is 1. The molecule has 1 amide bonds. The Morgan fingerprint density at radius 1 is 1.41 bits per heavy atom. The predicted octanol–water partition coefficient (Wildman–Crippen LogP) is 0.681. The quantitative estimate of drug-likeness (QED) is 0.740. The molecule has 1 atom stereocenters. The SMILES string of the molecule is CCN1CCCC1CN(C)C(=O)CNC1CC1. The molecule has 1 N–H and O–H groups in total. The van der Waals surface area contributed by atoms with Crippen molar-refractivity contribution >= 4 is 5.91 Å². The van der Waals surface area contributed by atoms with E-state index in [0.29, 0.717) is 18.6 Å². The number of nitrogens with one attached hydrogen (secondary N) is 1. The summed E-state index contributed by atoms with van der Waals surface area (Å²) in [6.07, 6.45) is 4.99. The molecule has 4 nitrogen and oxygen atoms in total. The highest BCUT2D eigenvalue weighted by molar-refractivity contribution is 5.78. The van der Waals surface area contributed by atoms with E-state index in [4.69, 9.17) is 0 Å². The average molecular weight is 239 g/mol. The van der Waals surface area contributed by atoms with Crippen molar-refractivity contribution in [2.24, 2.45) is 0 Å². The second-order valence-electron chi connectivity index (χ2n) is 5.35. The molecule has 0 bridgehead atoms. The number of likely N-dealkylation sites (tertiary alicyclic amines) is 1. The lowest BCUT2D eigenvalue weighted by molar-refractivity contribution is -0.129.